The smallest absolute Gasteiger partial charge is 0.262 e. The predicted molar refractivity (Wildman–Crippen MR) is 98.1 cm³/mol. The van der Waals surface area contributed by atoms with E-state index in [1.807, 2.05) is 50.2 Å². The Labute approximate surface area is 147 Å². The third kappa shape index (κ3) is 3.99. The lowest BCUT2D eigenvalue weighted by Crippen LogP contribution is -2.27. The number of anilines is 2. The lowest BCUT2D eigenvalue weighted by molar-refractivity contribution is -0.118. The molecule has 1 heterocycles. The minimum absolute atomic E-state index is 0.0768. The van der Waals surface area contributed by atoms with Gasteiger partial charge in [0.2, 0.25) is 5.91 Å². The molecule has 1 fully saturated rings. The minimum atomic E-state index is -0.250. The van der Waals surface area contributed by atoms with Crippen molar-refractivity contribution in [2.45, 2.75) is 26.7 Å². The second-order valence-electron chi connectivity index (χ2n) is 6.27. The van der Waals surface area contributed by atoms with Gasteiger partial charge in [-0.1, -0.05) is 24.3 Å². The average Bonchev–Trinajstić information content (AvgIpc) is 3.02. The molecule has 2 amide bonds. The summed E-state index contributed by atoms with van der Waals surface area (Å²) in [4.78, 5) is 26.0. The Morgan fingerprint density at radius 1 is 1.20 bits per heavy atom. The summed E-state index contributed by atoms with van der Waals surface area (Å²) in [5.74, 6) is 0.548. The zero-order valence-electron chi connectivity index (χ0n) is 14.5. The van der Waals surface area contributed by atoms with E-state index in [-0.39, 0.29) is 18.4 Å². The normalized spacial score (nSPS) is 13.8. The van der Waals surface area contributed by atoms with Crippen molar-refractivity contribution in [3.05, 3.63) is 53.6 Å². The minimum Gasteiger partial charge on any atom is -0.483 e. The molecule has 0 spiro atoms. The number of nitrogens with zero attached hydrogens (tertiary/aromatic N) is 1. The van der Waals surface area contributed by atoms with E-state index < -0.39 is 0 Å². The molecule has 0 atom stereocenters. The van der Waals surface area contributed by atoms with Crippen LogP contribution in [-0.2, 0) is 9.59 Å². The topological polar surface area (TPSA) is 58.6 Å². The first kappa shape index (κ1) is 17.0. The number of carbonyl (C=O) groups is 2. The molecule has 25 heavy (non-hydrogen) atoms. The number of ether oxygens (including phenoxy) is 1. The highest BCUT2D eigenvalue weighted by Gasteiger charge is 2.24. The van der Waals surface area contributed by atoms with Gasteiger partial charge in [-0.15, -0.1) is 0 Å². The number of nitrogens with one attached hydrogen (secondary N) is 1. The fourth-order valence-corrected chi connectivity index (χ4v) is 2.91. The van der Waals surface area contributed by atoms with Crippen molar-refractivity contribution in [1.82, 2.24) is 0 Å². The summed E-state index contributed by atoms with van der Waals surface area (Å²) in [6.07, 6.45) is 1.40. The van der Waals surface area contributed by atoms with Crippen LogP contribution in [0, 0.1) is 13.8 Å². The highest BCUT2D eigenvalue weighted by atomic mass is 16.5. The van der Waals surface area contributed by atoms with Crippen molar-refractivity contribution in [3.8, 4) is 5.75 Å². The average molecular weight is 338 g/mol. The third-order valence-electron chi connectivity index (χ3n) is 4.24. The fraction of sp³-hybridized carbons (Fsp3) is 0.300. The second-order valence-corrected chi connectivity index (χ2v) is 6.27. The van der Waals surface area contributed by atoms with Crippen molar-refractivity contribution in [1.29, 1.82) is 0 Å². The largest absolute Gasteiger partial charge is 0.483 e. The van der Waals surface area contributed by atoms with Crippen LogP contribution in [0.3, 0.4) is 0 Å². The van der Waals surface area contributed by atoms with Crippen molar-refractivity contribution in [3.63, 3.8) is 0 Å². The first-order chi connectivity index (χ1) is 12.0. The molecule has 0 radical (unpaired) electrons. The number of para-hydroxylation sites is 2. The summed E-state index contributed by atoms with van der Waals surface area (Å²) >= 11 is 0. The van der Waals surface area contributed by atoms with Gasteiger partial charge >= 0.3 is 0 Å². The van der Waals surface area contributed by atoms with Crippen LogP contribution < -0.4 is 15.0 Å². The van der Waals surface area contributed by atoms with Crippen molar-refractivity contribution < 1.29 is 14.3 Å². The number of rotatable bonds is 5. The predicted octanol–water partition coefficient (Wildman–Crippen LogP) is 3.45. The molecule has 0 unspecified atom stereocenters. The number of carbonyl (C=O) groups excluding carboxylic acids is 2. The van der Waals surface area contributed by atoms with Gasteiger partial charge in [-0.25, -0.2) is 0 Å². The van der Waals surface area contributed by atoms with Crippen molar-refractivity contribution >= 4 is 23.2 Å². The maximum absolute atomic E-state index is 12.3. The molecule has 2 aromatic rings. The van der Waals surface area contributed by atoms with Gasteiger partial charge in [0.15, 0.2) is 6.61 Å². The Bertz CT molecular complexity index is 801. The van der Waals surface area contributed by atoms with Crippen LogP contribution in [-0.4, -0.2) is 25.0 Å². The van der Waals surface area contributed by atoms with E-state index in [1.165, 1.54) is 0 Å². The van der Waals surface area contributed by atoms with Gasteiger partial charge in [0, 0.05) is 13.0 Å². The fourth-order valence-electron chi connectivity index (χ4n) is 2.91. The van der Waals surface area contributed by atoms with Crippen LogP contribution in [0.4, 0.5) is 11.4 Å². The zero-order valence-corrected chi connectivity index (χ0v) is 14.5. The van der Waals surface area contributed by atoms with Crippen molar-refractivity contribution in [2.24, 2.45) is 0 Å². The summed E-state index contributed by atoms with van der Waals surface area (Å²) in [5, 5.41) is 2.85. The first-order valence-corrected chi connectivity index (χ1v) is 8.44. The van der Waals surface area contributed by atoms with Crippen LogP contribution in [0.25, 0.3) is 0 Å². The van der Waals surface area contributed by atoms with E-state index in [9.17, 15) is 9.59 Å². The number of aryl methyl sites for hydroxylation is 2. The van der Waals surface area contributed by atoms with Crippen molar-refractivity contribution in [2.75, 3.05) is 23.4 Å². The molecule has 1 aliphatic heterocycles. The molecule has 5 heteroatoms. The second kappa shape index (κ2) is 7.38. The number of hydrogen-bond acceptors (Lipinski definition) is 3. The highest BCUT2D eigenvalue weighted by Crippen LogP contribution is 2.29. The maximum atomic E-state index is 12.3. The SMILES string of the molecule is Cc1ccc(C)c(OCC(=O)Nc2ccccc2N2CCCC2=O)c1. The van der Waals surface area contributed by atoms with E-state index in [1.54, 1.807) is 11.0 Å². The van der Waals surface area contributed by atoms with Crippen LogP contribution in [0.2, 0.25) is 0 Å². The Hall–Kier alpha value is -2.82. The molecule has 1 aliphatic rings. The summed E-state index contributed by atoms with van der Waals surface area (Å²) in [7, 11) is 0. The molecule has 0 aliphatic carbocycles. The lowest BCUT2D eigenvalue weighted by atomic mass is 10.1. The molecule has 0 aromatic heterocycles. The maximum Gasteiger partial charge on any atom is 0.262 e. The molecule has 130 valence electrons. The van der Waals surface area contributed by atoms with E-state index in [4.69, 9.17) is 4.74 Å². The molecule has 3 rings (SSSR count). The summed E-state index contributed by atoms with van der Waals surface area (Å²) in [5.41, 5.74) is 3.44. The first-order valence-electron chi connectivity index (χ1n) is 8.44. The Kier molecular flexibility index (Phi) is 5.03. The molecule has 5 nitrogen and oxygen atoms in total. The number of amides is 2. The van der Waals surface area contributed by atoms with Gasteiger partial charge < -0.3 is 15.0 Å². The molecular weight excluding hydrogens is 316 g/mol. The highest BCUT2D eigenvalue weighted by molar-refractivity contribution is 6.02. The van der Waals surface area contributed by atoms with Gasteiger partial charge in [0.1, 0.15) is 5.75 Å². The van der Waals surface area contributed by atoms with Gasteiger partial charge in [-0.3, -0.25) is 9.59 Å². The van der Waals surface area contributed by atoms with Crippen LogP contribution >= 0.6 is 0 Å². The zero-order chi connectivity index (χ0) is 17.8. The summed E-state index contributed by atoms with van der Waals surface area (Å²) < 4.78 is 5.65. The van der Waals surface area contributed by atoms with Gasteiger partial charge in [-0.2, -0.15) is 0 Å². The van der Waals surface area contributed by atoms with Gasteiger partial charge in [0.25, 0.3) is 5.91 Å². The Morgan fingerprint density at radius 3 is 2.76 bits per heavy atom. The molecule has 0 bridgehead atoms. The standard InChI is InChI=1S/C20H22N2O3/c1-14-9-10-15(2)18(12-14)25-13-19(23)21-16-6-3-4-7-17(16)22-11-5-8-20(22)24/h3-4,6-7,9-10,12H,5,8,11,13H2,1-2H3,(H,21,23). The third-order valence-corrected chi connectivity index (χ3v) is 4.24. The van der Waals surface area contributed by atoms with E-state index in [0.29, 0.717) is 24.4 Å². The molecule has 0 saturated carbocycles. The van der Waals surface area contributed by atoms with E-state index in [2.05, 4.69) is 5.32 Å². The molecule has 2 aromatic carbocycles. The van der Waals surface area contributed by atoms with E-state index in [0.717, 1.165) is 23.2 Å². The number of benzene rings is 2. The lowest BCUT2D eigenvalue weighted by Gasteiger charge is -2.20. The van der Waals surface area contributed by atoms with E-state index >= 15 is 0 Å². The number of hydrogen-bond donors (Lipinski definition) is 1. The summed E-state index contributed by atoms with van der Waals surface area (Å²) in [6.45, 7) is 4.54. The molecular formula is C20H22N2O3. The monoisotopic (exact) mass is 338 g/mol. The van der Waals surface area contributed by atoms with Crippen LogP contribution in [0.15, 0.2) is 42.5 Å². The van der Waals surface area contributed by atoms with Gasteiger partial charge in [0.05, 0.1) is 11.4 Å². The molecule has 1 N–H and O–H groups in total. The molecule has 1 saturated heterocycles. The Morgan fingerprint density at radius 2 is 2.00 bits per heavy atom. The quantitative estimate of drug-likeness (QED) is 0.908. The van der Waals surface area contributed by atoms with Crippen LogP contribution in [0.5, 0.6) is 5.75 Å². The Balaban J connectivity index is 1.67. The van der Waals surface area contributed by atoms with Gasteiger partial charge in [-0.05, 0) is 49.6 Å². The summed E-state index contributed by atoms with van der Waals surface area (Å²) in [6, 6.07) is 13.2. The van der Waals surface area contributed by atoms with Crippen LogP contribution in [0.1, 0.15) is 24.0 Å².